The molecule has 3 rings (SSSR count). The summed E-state index contributed by atoms with van der Waals surface area (Å²) < 4.78 is 5.13. The molecule has 1 atom stereocenters. The van der Waals surface area contributed by atoms with E-state index in [4.69, 9.17) is 4.42 Å². The van der Waals surface area contributed by atoms with Gasteiger partial charge in [0, 0.05) is 17.6 Å². The largest absolute Gasteiger partial charge is 0.465 e. The smallest absolute Gasteiger partial charge is 0.249 e. The predicted molar refractivity (Wildman–Crippen MR) is 88.0 cm³/mol. The Bertz CT molecular complexity index is 769. The normalized spacial score (nSPS) is 17.0. The number of hydrogen-bond donors (Lipinski definition) is 2. The SMILES string of the molecule is N#Cc1c(NC(=O)C=Cc2ccco2)sc2c1CCC(CO)C2. The van der Waals surface area contributed by atoms with E-state index in [0.29, 0.717) is 16.3 Å². The molecule has 23 heavy (non-hydrogen) atoms. The first kappa shape index (κ1) is 15.5. The number of anilines is 1. The molecule has 0 bridgehead atoms. The number of aliphatic hydroxyl groups excluding tert-OH is 1. The van der Waals surface area contributed by atoms with Crippen molar-refractivity contribution in [1.82, 2.24) is 0 Å². The van der Waals surface area contributed by atoms with Crippen molar-refractivity contribution in [3.8, 4) is 6.07 Å². The first-order valence-electron chi connectivity index (χ1n) is 7.39. The molecule has 118 valence electrons. The summed E-state index contributed by atoms with van der Waals surface area (Å²) in [5, 5.41) is 22.1. The van der Waals surface area contributed by atoms with Gasteiger partial charge in [0.05, 0.1) is 11.8 Å². The van der Waals surface area contributed by atoms with Crippen molar-refractivity contribution < 1.29 is 14.3 Å². The number of aliphatic hydroxyl groups is 1. The van der Waals surface area contributed by atoms with Crippen LogP contribution in [0, 0.1) is 17.2 Å². The van der Waals surface area contributed by atoms with Crippen molar-refractivity contribution in [3.63, 3.8) is 0 Å². The summed E-state index contributed by atoms with van der Waals surface area (Å²) in [7, 11) is 0. The second-order valence-corrected chi connectivity index (χ2v) is 6.55. The van der Waals surface area contributed by atoms with E-state index < -0.39 is 0 Å². The zero-order valence-electron chi connectivity index (χ0n) is 12.4. The minimum atomic E-state index is -0.296. The van der Waals surface area contributed by atoms with E-state index in [0.717, 1.165) is 29.7 Å². The average molecular weight is 328 g/mol. The Morgan fingerprint density at radius 3 is 3.17 bits per heavy atom. The molecular formula is C17H16N2O3S. The summed E-state index contributed by atoms with van der Waals surface area (Å²) in [6.07, 6.45) is 6.92. The Balaban J connectivity index is 1.77. The Morgan fingerprint density at radius 1 is 1.61 bits per heavy atom. The summed E-state index contributed by atoms with van der Waals surface area (Å²) >= 11 is 1.43. The predicted octanol–water partition coefficient (Wildman–Crippen LogP) is 2.96. The molecule has 0 saturated carbocycles. The molecule has 6 heteroatoms. The molecule has 2 N–H and O–H groups in total. The number of nitrogens with one attached hydrogen (secondary N) is 1. The van der Waals surface area contributed by atoms with Crippen molar-refractivity contribution in [3.05, 3.63) is 46.2 Å². The number of nitrogens with zero attached hydrogens (tertiary/aromatic N) is 1. The maximum atomic E-state index is 12.0. The lowest BCUT2D eigenvalue weighted by molar-refractivity contribution is -0.111. The van der Waals surface area contributed by atoms with Gasteiger partial charge in [-0.15, -0.1) is 11.3 Å². The molecule has 2 aromatic rings. The highest BCUT2D eigenvalue weighted by Gasteiger charge is 2.25. The summed E-state index contributed by atoms with van der Waals surface area (Å²) in [6, 6.07) is 5.70. The van der Waals surface area contributed by atoms with Gasteiger partial charge in [0.1, 0.15) is 16.8 Å². The summed E-state index contributed by atoms with van der Waals surface area (Å²) in [5.74, 6) is 0.544. The maximum Gasteiger partial charge on any atom is 0.249 e. The van der Waals surface area contributed by atoms with Crippen LogP contribution in [0.4, 0.5) is 5.00 Å². The lowest BCUT2D eigenvalue weighted by Crippen LogP contribution is -2.16. The molecule has 2 aromatic heterocycles. The van der Waals surface area contributed by atoms with Gasteiger partial charge >= 0.3 is 0 Å². The van der Waals surface area contributed by atoms with Crippen molar-refractivity contribution in [2.45, 2.75) is 19.3 Å². The fraction of sp³-hybridized carbons (Fsp3) is 0.294. The van der Waals surface area contributed by atoms with Crippen LogP contribution in [0.1, 0.15) is 28.2 Å². The molecule has 0 fully saturated rings. The number of carbonyl (C=O) groups is 1. The molecular weight excluding hydrogens is 312 g/mol. The zero-order valence-corrected chi connectivity index (χ0v) is 13.2. The third-order valence-electron chi connectivity index (χ3n) is 3.92. The molecule has 0 radical (unpaired) electrons. The third kappa shape index (κ3) is 3.36. The number of carbonyl (C=O) groups excluding carboxylic acids is 1. The van der Waals surface area contributed by atoms with Crippen LogP contribution >= 0.6 is 11.3 Å². The van der Waals surface area contributed by atoms with Crippen LogP contribution in [0.5, 0.6) is 0 Å². The Labute approximate surface area is 137 Å². The maximum absolute atomic E-state index is 12.0. The lowest BCUT2D eigenvalue weighted by Gasteiger charge is -2.19. The van der Waals surface area contributed by atoms with Crippen LogP contribution in [0.2, 0.25) is 0 Å². The van der Waals surface area contributed by atoms with Crippen LogP contribution < -0.4 is 5.32 Å². The highest BCUT2D eigenvalue weighted by molar-refractivity contribution is 7.16. The topological polar surface area (TPSA) is 86.3 Å². The van der Waals surface area contributed by atoms with Gasteiger partial charge in [-0.05, 0) is 49.0 Å². The van der Waals surface area contributed by atoms with E-state index in [2.05, 4.69) is 11.4 Å². The zero-order chi connectivity index (χ0) is 16.2. The molecule has 0 saturated heterocycles. The Kier molecular flexibility index (Phi) is 4.60. The number of rotatable bonds is 4. The fourth-order valence-electron chi connectivity index (χ4n) is 2.71. The van der Waals surface area contributed by atoms with Gasteiger partial charge in [0.15, 0.2) is 0 Å². The molecule has 5 nitrogen and oxygen atoms in total. The minimum absolute atomic E-state index is 0.160. The molecule has 1 aliphatic carbocycles. The molecule has 0 aliphatic heterocycles. The number of amides is 1. The first-order chi connectivity index (χ1) is 11.2. The average Bonchev–Trinajstić information content (AvgIpc) is 3.19. The molecule has 1 aliphatic rings. The number of thiophene rings is 1. The van der Waals surface area contributed by atoms with Crippen LogP contribution in [0.3, 0.4) is 0 Å². The lowest BCUT2D eigenvalue weighted by atomic mass is 9.88. The Morgan fingerprint density at radius 2 is 2.48 bits per heavy atom. The quantitative estimate of drug-likeness (QED) is 0.845. The fourth-order valence-corrected chi connectivity index (χ4v) is 4.03. The highest BCUT2D eigenvalue weighted by Crippen LogP contribution is 2.39. The highest BCUT2D eigenvalue weighted by atomic mass is 32.1. The van der Waals surface area contributed by atoms with E-state index in [1.165, 1.54) is 23.7 Å². The van der Waals surface area contributed by atoms with E-state index in [-0.39, 0.29) is 18.4 Å². The monoisotopic (exact) mass is 328 g/mol. The second-order valence-electron chi connectivity index (χ2n) is 5.45. The van der Waals surface area contributed by atoms with Gasteiger partial charge in [0.25, 0.3) is 0 Å². The number of nitriles is 1. The van der Waals surface area contributed by atoms with Crippen molar-refractivity contribution in [2.75, 3.05) is 11.9 Å². The summed E-state index contributed by atoms with van der Waals surface area (Å²) in [6.45, 7) is 0.160. The van der Waals surface area contributed by atoms with Crippen molar-refractivity contribution >= 4 is 28.3 Å². The summed E-state index contributed by atoms with van der Waals surface area (Å²) in [5.41, 5.74) is 1.58. The number of furan rings is 1. The van der Waals surface area contributed by atoms with E-state index in [1.54, 1.807) is 18.2 Å². The van der Waals surface area contributed by atoms with Crippen molar-refractivity contribution in [2.24, 2.45) is 5.92 Å². The van der Waals surface area contributed by atoms with Crippen LogP contribution in [-0.2, 0) is 17.6 Å². The van der Waals surface area contributed by atoms with Gasteiger partial charge in [0.2, 0.25) is 5.91 Å². The third-order valence-corrected chi connectivity index (χ3v) is 5.09. The molecule has 1 amide bonds. The van der Waals surface area contributed by atoms with Gasteiger partial charge in [-0.25, -0.2) is 0 Å². The van der Waals surface area contributed by atoms with Crippen LogP contribution in [-0.4, -0.2) is 17.6 Å². The number of fused-ring (bicyclic) bond motifs is 1. The van der Waals surface area contributed by atoms with Gasteiger partial charge in [-0.1, -0.05) is 0 Å². The minimum Gasteiger partial charge on any atom is -0.465 e. The Hall–Kier alpha value is -2.36. The standard InChI is InChI=1S/C17H16N2O3S/c18-9-14-13-5-3-11(10-20)8-15(13)23-17(14)19-16(21)6-4-12-2-1-7-22-12/h1-2,4,6-7,11,20H,3,5,8,10H2,(H,19,21). The van der Waals surface area contributed by atoms with E-state index in [9.17, 15) is 15.2 Å². The van der Waals surface area contributed by atoms with Gasteiger partial charge in [-0.3, -0.25) is 4.79 Å². The van der Waals surface area contributed by atoms with E-state index in [1.807, 2.05) is 0 Å². The molecule has 2 heterocycles. The molecule has 0 spiro atoms. The summed E-state index contributed by atoms with van der Waals surface area (Å²) in [4.78, 5) is 13.1. The second kappa shape index (κ2) is 6.82. The van der Waals surface area contributed by atoms with Crippen LogP contribution in [0.25, 0.3) is 6.08 Å². The van der Waals surface area contributed by atoms with Crippen LogP contribution in [0.15, 0.2) is 28.9 Å². The first-order valence-corrected chi connectivity index (χ1v) is 8.21. The molecule has 0 aromatic carbocycles. The van der Waals surface area contributed by atoms with E-state index >= 15 is 0 Å². The van der Waals surface area contributed by atoms with Gasteiger partial charge in [-0.2, -0.15) is 5.26 Å². The molecule has 1 unspecified atom stereocenters. The van der Waals surface area contributed by atoms with Gasteiger partial charge < -0.3 is 14.8 Å². The van der Waals surface area contributed by atoms with Crippen molar-refractivity contribution in [1.29, 1.82) is 5.26 Å². The number of hydrogen-bond acceptors (Lipinski definition) is 5.